The Morgan fingerprint density at radius 3 is 1.85 bits per heavy atom. The molecular weight excluding hydrogens is 430 g/mol. The van der Waals surface area contributed by atoms with Gasteiger partial charge < -0.3 is 18.3 Å². The van der Waals surface area contributed by atoms with Gasteiger partial charge in [0.05, 0.1) is 19.8 Å². The lowest BCUT2D eigenvalue weighted by Crippen LogP contribution is -1.98. The molecule has 6 nitrogen and oxygen atoms in total. The summed E-state index contributed by atoms with van der Waals surface area (Å²) >= 11 is 3.06. The molecule has 0 radical (unpaired) electrons. The Kier molecular flexibility index (Phi) is 6.89. The molecule has 3 rings (SSSR count). The van der Waals surface area contributed by atoms with Crippen LogP contribution < -0.4 is 0 Å². The molecule has 0 spiro atoms. The first-order chi connectivity index (χ1) is 12.9. The summed E-state index contributed by atoms with van der Waals surface area (Å²) in [7, 11) is 2.49. The lowest BCUT2D eigenvalue weighted by molar-refractivity contribution is 0.0557. The van der Waals surface area contributed by atoms with Gasteiger partial charge in [-0.2, -0.15) is 0 Å². The fraction of sp³-hybridized carbons (Fsp3) is 0.111. The zero-order valence-electron chi connectivity index (χ0n) is 14.1. The third-order valence-electron chi connectivity index (χ3n) is 3.16. The molecule has 142 valence electrons. The number of methoxy groups -OCH3 is 2. The maximum absolute atomic E-state index is 13.4. The number of rotatable bonds is 3. The quantitative estimate of drug-likeness (QED) is 0.540. The van der Waals surface area contributed by atoms with Crippen LogP contribution in [0.2, 0.25) is 0 Å². The minimum atomic E-state index is -0.754. The molecule has 0 atom stereocenters. The van der Waals surface area contributed by atoms with Crippen molar-refractivity contribution in [3.63, 3.8) is 0 Å². The van der Waals surface area contributed by atoms with Crippen molar-refractivity contribution in [2.75, 3.05) is 14.2 Å². The van der Waals surface area contributed by atoms with E-state index in [4.69, 9.17) is 8.83 Å². The smallest absolute Gasteiger partial charge is 0.373 e. The fourth-order valence-corrected chi connectivity index (χ4v) is 2.25. The summed E-state index contributed by atoms with van der Waals surface area (Å²) in [5, 5.41) is 0. The zero-order valence-corrected chi connectivity index (χ0v) is 15.7. The van der Waals surface area contributed by atoms with E-state index in [2.05, 4.69) is 25.4 Å². The topological polar surface area (TPSA) is 78.9 Å². The maximum atomic E-state index is 13.4. The minimum absolute atomic E-state index is 0.0546. The van der Waals surface area contributed by atoms with Crippen LogP contribution in [-0.2, 0) is 9.47 Å². The van der Waals surface area contributed by atoms with Gasteiger partial charge in [0.15, 0.2) is 4.67 Å². The third kappa shape index (κ3) is 5.04. The van der Waals surface area contributed by atoms with Gasteiger partial charge in [0, 0.05) is 0 Å². The van der Waals surface area contributed by atoms with Crippen molar-refractivity contribution in [2.24, 2.45) is 0 Å². The van der Waals surface area contributed by atoms with Crippen molar-refractivity contribution < 1.29 is 36.7 Å². The van der Waals surface area contributed by atoms with Crippen LogP contribution in [0.25, 0.3) is 11.3 Å². The molecule has 0 aliphatic heterocycles. The molecule has 0 fully saturated rings. The summed E-state index contributed by atoms with van der Waals surface area (Å²) in [6, 6.07) is 9.25. The molecule has 2 aromatic heterocycles. The first-order valence-corrected chi connectivity index (χ1v) is 8.12. The molecule has 0 amide bonds. The van der Waals surface area contributed by atoms with Gasteiger partial charge in [0.2, 0.25) is 11.5 Å². The van der Waals surface area contributed by atoms with Crippen LogP contribution >= 0.6 is 15.9 Å². The average molecular weight is 443 g/mol. The van der Waals surface area contributed by atoms with Gasteiger partial charge in [-0.1, -0.05) is 6.07 Å². The summed E-state index contributed by atoms with van der Waals surface area (Å²) < 4.78 is 46.1. The number of carbonyl (C=O) groups excluding carboxylic acids is 2. The molecule has 0 aliphatic carbocycles. The van der Waals surface area contributed by atoms with E-state index >= 15 is 0 Å². The van der Waals surface area contributed by atoms with Crippen molar-refractivity contribution in [1.82, 2.24) is 0 Å². The third-order valence-corrected chi connectivity index (χ3v) is 3.59. The highest BCUT2D eigenvalue weighted by atomic mass is 79.9. The predicted octanol–water partition coefficient (Wildman–Crippen LogP) is 4.84. The SMILES string of the molecule is COC(=O)c1ccc(-c2c(F)cccc2F)o1.COC(=O)c1ccc(Br)o1. The maximum Gasteiger partial charge on any atom is 0.373 e. The Balaban J connectivity index is 0.000000223. The zero-order chi connectivity index (χ0) is 20.0. The molecule has 0 bridgehead atoms. The highest BCUT2D eigenvalue weighted by Crippen LogP contribution is 2.27. The summed E-state index contributed by atoms with van der Waals surface area (Å²) in [6.45, 7) is 0. The van der Waals surface area contributed by atoms with Gasteiger partial charge in [-0.15, -0.1) is 0 Å². The lowest BCUT2D eigenvalue weighted by atomic mass is 10.1. The van der Waals surface area contributed by atoms with Crippen molar-refractivity contribution >= 4 is 27.9 Å². The molecule has 9 heteroatoms. The first-order valence-electron chi connectivity index (χ1n) is 7.33. The van der Waals surface area contributed by atoms with E-state index in [1.54, 1.807) is 6.07 Å². The van der Waals surface area contributed by atoms with Crippen molar-refractivity contribution in [2.45, 2.75) is 0 Å². The largest absolute Gasteiger partial charge is 0.463 e. The summed E-state index contributed by atoms with van der Waals surface area (Å²) in [5.41, 5.74) is -0.303. The van der Waals surface area contributed by atoms with Gasteiger partial charge in [0.1, 0.15) is 17.4 Å². The van der Waals surface area contributed by atoms with Crippen LogP contribution in [0.5, 0.6) is 0 Å². The molecule has 2 heterocycles. The van der Waals surface area contributed by atoms with Crippen LogP contribution in [0.3, 0.4) is 0 Å². The van der Waals surface area contributed by atoms with E-state index in [1.807, 2.05) is 0 Å². The first kappa shape index (κ1) is 20.4. The number of carbonyl (C=O) groups is 2. The van der Waals surface area contributed by atoms with E-state index in [9.17, 15) is 18.4 Å². The average Bonchev–Trinajstić information content (AvgIpc) is 3.30. The van der Waals surface area contributed by atoms with Crippen molar-refractivity contribution in [3.05, 3.63) is 70.3 Å². The molecule has 0 aliphatic rings. The number of ether oxygens (including phenoxy) is 2. The standard InChI is InChI=1S/C12H8F2O3.C6H5BrO3/c1-16-12(15)10-6-5-9(17-10)11-7(13)3-2-4-8(11)14;1-9-6(8)4-2-3-5(7)10-4/h2-6H,1H3;2-3H,1H3. The van der Waals surface area contributed by atoms with Gasteiger partial charge in [-0.05, 0) is 52.3 Å². The predicted molar refractivity (Wildman–Crippen MR) is 93.1 cm³/mol. The normalized spacial score (nSPS) is 9.96. The van der Waals surface area contributed by atoms with Gasteiger partial charge in [0.25, 0.3) is 0 Å². The molecular formula is C18H13BrF2O6. The Bertz CT molecular complexity index is 927. The van der Waals surface area contributed by atoms with Crippen LogP contribution in [-0.4, -0.2) is 26.2 Å². The summed E-state index contributed by atoms with van der Waals surface area (Å²) in [6.07, 6.45) is 0. The van der Waals surface area contributed by atoms with Crippen molar-refractivity contribution in [3.8, 4) is 11.3 Å². The highest BCUT2D eigenvalue weighted by Gasteiger charge is 2.17. The van der Waals surface area contributed by atoms with E-state index < -0.39 is 23.6 Å². The Labute approximate surface area is 160 Å². The molecule has 0 saturated carbocycles. The number of furan rings is 2. The van der Waals surface area contributed by atoms with Crippen LogP contribution in [0.1, 0.15) is 21.1 Å². The fourth-order valence-electron chi connectivity index (χ4n) is 1.94. The number of hydrogen-bond acceptors (Lipinski definition) is 6. The van der Waals surface area contributed by atoms with Gasteiger partial charge in [-0.3, -0.25) is 0 Å². The monoisotopic (exact) mass is 442 g/mol. The number of esters is 2. The van der Waals surface area contributed by atoms with E-state index in [-0.39, 0.29) is 22.8 Å². The minimum Gasteiger partial charge on any atom is -0.463 e. The second kappa shape index (κ2) is 9.13. The van der Waals surface area contributed by atoms with Gasteiger partial charge >= 0.3 is 11.9 Å². The second-order valence-corrected chi connectivity index (χ2v) is 5.63. The lowest BCUT2D eigenvalue weighted by Gasteiger charge is -2.00. The molecule has 0 saturated heterocycles. The van der Waals surface area contributed by atoms with E-state index in [0.717, 1.165) is 12.1 Å². The Hall–Kier alpha value is -2.94. The van der Waals surface area contributed by atoms with E-state index in [1.165, 1.54) is 38.5 Å². The van der Waals surface area contributed by atoms with Crippen LogP contribution in [0, 0.1) is 11.6 Å². The number of benzene rings is 1. The molecule has 0 N–H and O–H groups in total. The van der Waals surface area contributed by atoms with E-state index in [0.29, 0.717) is 4.67 Å². The van der Waals surface area contributed by atoms with Crippen LogP contribution in [0.4, 0.5) is 8.78 Å². The van der Waals surface area contributed by atoms with Crippen molar-refractivity contribution in [1.29, 1.82) is 0 Å². The molecule has 3 aromatic rings. The Morgan fingerprint density at radius 2 is 1.37 bits per heavy atom. The summed E-state index contributed by atoms with van der Waals surface area (Å²) in [4.78, 5) is 21.8. The molecule has 1 aromatic carbocycles. The summed E-state index contributed by atoms with van der Waals surface area (Å²) in [5.74, 6) is -2.63. The number of hydrogen-bond donors (Lipinski definition) is 0. The number of halogens is 3. The van der Waals surface area contributed by atoms with Crippen LogP contribution in [0.15, 0.2) is 56.0 Å². The molecule has 27 heavy (non-hydrogen) atoms. The molecule has 0 unspecified atom stereocenters. The Morgan fingerprint density at radius 1 is 0.852 bits per heavy atom. The highest BCUT2D eigenvalue weighted by molar-refractivity contribution is 9.10. The van der Waals surface area contributed by atoms with Gasteiger partial charge in [-0.25, -0.2) is 18.4 Å². The second-order valence-electron chi connectivity index (χ2n) is 4.85.